The number of rotatable bonds is 12. The van der Waals surface area contributed by atoms with E-state index in [2.05, 4.69) is 33.8 Å². The van der Waals surface area contributed by atoms with Crippen LogP contribution in [0.25, 0.3) is 0 Å². The molecule has 0 fully saturated rings. The fourth-order valence-electron chi connectivity index (χ4n) is 3.38. The zero-order valence-corrected chi connectivity index (χ0v) is 15.1. The Kier molecular flexibility index (Phi) is 9.79. The van der Waals surface area contributed by atoms with Crippen molar-refractivity contribution in [2.45, 2.75) is 105 Å². The lowest BCUT2D eigenvalue weighted by molar-refractivity contribution is 0.581. The van der Waals surface area contributed by atoms with E-state index < -0.39 is 0 Å². The first-order valence-corrected chi connectivity index (χ1v) is 9.62. The summed E-state index contributed by atoms with van der Waals surface area (Å²) in [6.07, 6.45) is 19.8. The lowest BCUT2D eigenvalue weighted by Crippen LogP contribution is -2.01. The summed E-state index contributed by atoms with van der Waals surface area (Å²) in [6, 6.07) is 0. The van der Waals surface area contributed by atoms with E-state index >= 15 is 0 Å². The third-order valence-corrected chi connectivity index (χ3v) is 4.73. The van der Waals surface area contributed by atoms with Gasteiger partial charge in [-0.1, -0.05) is 65.4 Å². The predicted molar refractivity (Wildman–Crippen MR) is 95.4 cm³/mol. The van der Waals surface area contributed by atoms with Gasteiger partial charge in [-0.2, -0.15) is 0 Å². The van der Waals surface area contributed by atoms with Gasteiger partial charge in [0, 0.05) is 5.92 Å². The summed E-state index contributed by atoms with van der Waals surface area (Å²) >= 11 is 0. The standard InChI is InChI=1S/C21H37/c1-5-9-13-18-17-19(14-10-6-2)21(16-12-8-4)20(18)15-11-7-3/h18H,5-16H2,1-4H3. The number of hydrogen-bond acceptors (Lipinski definition) is 0. The molecule has 0 N–H and O–H groups in total. The molecule has 1 atom stereocenters. The van der Waals surface area contributed by atoms with Crippen LogP contribution in [0.15, 0.2) is 16.7 Å². The number of allylic oxidation sites excluding steroid dienone is 4. The van der Waals surface area contributed by atoms with Gasteiger partial charge in [-0.15, -0.1) is 0 Å². The molecule has 0 aromatic rings. The van der Waals surface area contributed by atoms with Crippen LogP contribution in [0.1, 0.15) is 105 Å². The molecule has 21 heavy (non-hydrogen) atoms. The molecule has 1 rings (SSSR count). The second-order valence-electron chi connectivity index (χ2n) is 6.63. The van der Waals surface area contributed by atoms with Crippen LogP contribution in [-0.4, -0.2) is 0 Å². The highest BCUT2D eigenvalue weighted by Crippen LogP contribution is 2.40. The molecule has 0 heteroatoms. The van der Waals surface area contributed by atoms with Gasteiger partial charge in [0.2, 0.25) is 0 Å². The maximum Gasteiger partial charge on any atom is 0.00599 e. The number of unbranched alkanes of at least 4 members (excludes halogenated alkanes) is 4. The molecule has 0 heterocycles. The average Bonchev–Trinajstić information content (AvgIpc) is 2.83. The Hall–Kier alpha value is -0.520. The van der Waals surface area contributed by atoms with Crippen LogP contribution in [0, 0.1) is 12.0 Å². The van der Waals surface area contributed by atoms with Gasteiger partial charge in [-0.25, -0.2) is 0 Å². The molecule has 0 saturated carbocycles. The Morgan fingerprint density at radius 2 is 1.29 bits per heavy atom. The molecule has 0 nitrogen and oxygen atoms in total. The van der Waals surface area contributed by atoms with Crippen LogP contribution in [0.5, 0.6) is 0 Å². The first-order valence-electron chi connectivity index (χ1n) is 9.62. The summed E-state index contributed by atoms with van der Waals surface area (Å²) in [7, 11) is 0. The summed E-state index contributed by atoms with van der Waals surface area (Å²) in [5.74, 6) is 0.662. The summed E-state index contributed by atoms with van der Waals surface area (Å²) in [5.41, 5.74) is 5.13. The smallest absolute Gasteiger partial charge is 0.00599 e. The molecular formula is C21H37. The topological polar surface area (TPSA) is 0 Å². The largest absolute Gasteiger partial charge is 0.0654 e. The summed E-state index contributed by atoms with van der Waals surface area (Å²) in [6.45, 7) is 9.24. The normalized spacial score (nSPS) is 18.5. The van der Waals surface area contributed by atoms with Crippen molar-refractivity contribution in [1.29, 1.82) is 0 Å². The average molecular weight is 290 g/mol. The van der Waals surface area contributed by atoms with E-state index in [1.807, 2.05) is 0 Å². The monoisotopic (exact) mass is 289 g/mol. The van der Waals surface area contributed by atoms with Crippen molar-refractivity contribution in [3.63, 3.8) is 0 Å². The van der Waals surface area contributed by atoms with E-state index in [4.69, 9.17) is 0 Å². The minimum atomic E-state index is 0.662. The van der Waals surface area contributed by atoms with Gasteiger partial charge in [0.25, 0.3) is 0 Å². The molecule has 0 bridgehead atoms. The van der Waals surface area contributed by atoms with Gasteiger partial charge in [-0.3, -0.25) is 0 Å². The van der Waals surface area contributed by atoms with Crippen molar-refractivity contribution in [1.82, 2.24) is 0 Å². The molecule has 0 saturated heterocycles. The van der Waals surface area contributed by atoms with E-state index in [0.29, 0.717) is 5.92 Å². The van der Waals surface area contributed by atoms with Crippen LogP contribution >= 0.6 is 0 Å². The highest BCUT2D eigenvalue weighted by molar-refractivity contribution is 5.42. The van der Waals surface area contributed by atoms with E-state index in [1.54, 1.807) is 16.7 Å². The Bertz CT molecular complexity index is 332. The van der Waals surface area contributed by atoms with Crippen molar-refractivity contribution in [2.75, 3.05) is 0 Å². The SMILES string of the molecule is CCCCC1=[C]C(CCCC)C(CCCC)=C1CCCC. The lowest BCUT2D eigenvalue weighted by Gasteiger charge is -2.16. The maximum absolute atomic E-state index is 3.92. The van der Waals surface area contributed by atoms with E-state index in [-0.39, 0.29) is 0 Å². The van der Waals surface area contributed by atoms with E-state index in [9.17, 15) is 0 Å². The van der Waals surface area contributed by atoms with Crippen LogP contribution in [0.4, 0.5) is 0 Å². The van der Waals surface area contributed by atoms with Crippen LogP contribution in [0.2, 0.25) is 0 Å². The molecule has 0 aromatic heterocycles. The minimum absolute atomic E-state index is 0.662. The Morgan fingerprint density at radius 3 is 1.90 bits per heavy atom. The molecule has 0 aromatic carbocycles. The Balaban J connectivity index is 2.87. The molecule has 0 aliphatic heterocycles. The zero-order chi connectivity index (χ0) is 15.5. The van der Waals surface area contributed by atoms with Crippen LogP contribution in [-0.2, 0) is 0 Å². The van der Waals surface area contributed by atoms with E-state index in [0.717, 1.165) is 0 Å². The summed E-state index contributed by atoms with van der Waals surface area (Å²) in [5, 5.41) is 0. The Morgan fingerprint density at radius 1 is 0.714 bits per heavy atom. The third kappa shape index (κ3) is 6.01. The number of hydrogen-bond donors (Lipinski definition) is 0. The molecule has 1 aliphatic carbocycles. The molecule has 1 aliphatic rings. The van der Waals surface area contributed by atoms with Crippen molar-refractivity contribution in [3.8, 4) is 0 Å². The zero-order valence-electron chi connectivity index (χ0n) is 15.1. The van der Waals surface area contributed by atoms with Crippen molar-refractivity contribution in [2.24, 2.45) is 5.92 Å². The second-order valence-corrected chi connectivity index (χ2v) is 6.63. The molecule has 1 radical (unpaired) electrons. The molecule has 0 spiro atoms. The van der Waals surface area contributed by atoms with Crippen LogP contribution in [0.3, 0.4) is 0 Å². The summed E-state index contributed by atoms with van der Waals surface area (Å²) < 4.78 is 0. The lowest BCUT2D eigenvalue weighted by atomic mass is 9.89. The first kappa shape index (κ1) is 18.5. The second kappa shape index (κ2) is 11.1. The van der Waals surface area contributed by atoms with Crippen LogP contribution < -0.4 is 0 Å². The fourth-order valence-corrected chi connectivity index (χ4v) is 3.38. The highest BCUT2D eigenvalue weighted by Gasteiger charge is 2.25. The van der Waals surface area contributed by atoms with Gasteiger partial charge in [0.05, 0.1) is 0 Å². The van der Waals surface area contributed by atoms with Gasteiger partial charge in [0.1, 0.15) is 0 Å². The fraction of sp³-hybridized carbons (Fsp3) is 0.810. The Labute approximate surface area is 134 Å². The molecule has 1 unspecified atom stereocenters. The highest BCUT2D eigenvalue weighted by atomic mass is 14.3. The van der Waals surface area contributed by atoms with Gasteiger partial charge >= 0.3 is 0 Å². The van der Waals surface area contributed by atoms with E-state index in [1.165, 1.54) is 77.0 Å². The van der Waals surface area contributed by atoms with Gasteiger partial charge in [0.15, 0.2) is 0 Å². The summed E-state index contributed by atoms with van der Waals surface area (Å²) in [4.78, 5) is 0. The molecule has 121 valence electrons. The van der Waals surface area contributed by atoms with Gasteiger partial charge in [-0.05, 0) is 62.2 Å². The van der Waals surface area contributed by atoms with Crippen molar-refractivity contribution in [3.05, 3.63) is 22.8 Å². The predicted octanol–water partition coefficient (Wildman–Crippen LogP) is 7.40. The van der Waals surface area contributed by atoms with Crippen molar-refractivity contribution < 1.29 is 0 Å². The first-order chi connectivity index (χ1) is 10.3. The minimum Gasteiger partial charge on any atom is -0.0654 e. The molecular weight excluding hydrogens is 252 g/mol. The van der Waals surface area contributed by atoms with Crippen molar-refractivity contribution >= 4 is 0 Å². The quantitative estimate of drug-likeness (QED) is 0.351. The third-order valence-electron chi connectivity index (χ3n) is 4.73. The maximum atomic E-state index is 3.92. The van der Waals surface area contributed by atoms with Gasteiger partial charge < -0.3 is 0 Å². The molecule has 0 amide bonds.